The van der Waals surface area contributed by atoms with Crippen LogP contribution in [0.3, 0.4) is 0 Å². The van der Waals surface area contributed by atoms with E-state index in [9.17, 15) is 63.0 Å². The molecule has 2 amide bonds. The van der Waals surface area contributed by atoms with Crippen LogP contribution in [-0.4, -0.2) is 133 Å². The predicted octanol–water partition coefficient (Wildman–Crippen LogP) is -1.56. The summed E-state index contributed by atoms with van der Waals surface area (Å²) >= 11 is 0.827. The molecular weight excluding hydrogens is 811 g/mol. The second kappa shape index (κ2) is 18.2. The number of rotatable bonds is 20. The standard InChI is InChI=1S/C25H42N7O18P3S/c1-24(2,18(35)21(36)28-6-5-14(33)27-7-8-54-23(37)25(3,4)38)10-47-53(44,45)50-52(42,43)46-9-13-17(49-51(39,40)41)16(34)22(48-13)32-12-31-15-19(26)29-11-30-20(15)32/h11-13,16-18,22,34-35,38H,5-10H2,1-4H3,(H,27,33)(H,28,36)(H,42,43)(H,44,45)(H2,26,29,30)(H2,39,40,41)/t13-,16-,17-,18?,22-/m1/s1. The molecule has 7 atom stereocenters. The number of hydrogen-bond acceptors (Lipinski definition) is 19. The average molecular weight is 854 g/mol. The topological polar surface area (TPSA) is 384 Å². The number of imidazole rings is 1. The van der Waals surface area contributed by atoms with Gasteiger partial charge >= 0.3 is 23.5 Å². The van der Waals surface area contributed by atoms with E-state index in [0.717, 1.165) is 29.0 Å². The lowest BCUT2D eigenvalue weighted by Gasteiger charge is -2.30. The number of amides is 2. The Morgan fingerprint density at radius 1 is 1.04 bits per heavy atom. The zero-order chi connectivity index (χ0) is 40.9. The summed E-state index contributed by atoms with van der Waals surface area (Å²) in [4.78, 5) is 87.0. The molecular formula is C25H42N7O18P3S. The number of aromatic nitrogens is 4. The van der Waals surface area contributed by atoms with E-state index in [1.54, 1.807) is 0 Å². The number of nitrogens with zero attached hydrogens (tertiary/aromatic N) is 4. The molecule has 0 aliphatic carbocycles. The second-order valence-corrected chi connectivity index (χ2v) is 18.1. The number of nitrogens with two attached hydrogens (primary N) is 1. The SMILES string of the molecule is CC(C)(O)C(=O)SCCNC(=O)CCNC(=O)C(O)C(C)(C)COP(=O)(O)OP(=O)(O)OC[C@H]1O[C@@H](n2cnc3c(N)ncnc32)[C@H](O)[C@@H]1OP(=O)(O)O. The number of aliphatic hydroxyl groups is 3. The first kappa shape index (κ1) is 45.9. The fourth-order valence-corrected chi connectivity index (χ4v) is 8.02. The number of ether oxygens (including phenoxy) is 1. The van der Waals surface area contributed by atoms with E-state index >= 15 is 0 Å². The van der Waals surface area contributed by atoms with Gasteiger partial charge in [0.25, 0.3) is 0 Å². The van der Waals surface area contributed by atoms with Crippen molar-refractivity contribution in [1.82, 2.24) is 30.2 Å². The fourth-order valence-electron chi connectivity index (χ4n) is 4.45. The quantitative estimate of drug-likeness (QED) is 0.0531. The van der Waals surface area contributed by atoms with Crippen LogP contribution < -0.4 is 16.4 Å². The third-order valence-corrected chi connectivity index (χ3v) is 11.5. The summed E-state index contributed by atoms with van der Waals surface area (Å²) < 4.78 is 61.9. The zero-order valence-corrected chi connectivity index (χ0v) is 32.5. The van der Waals surface area contributed by atoms with Crippen molar-refractivity contribution in [2.24, 2.45) is 5.41 Å². The summed E-state index contributed by atoms with van der Waals surface area (Å²) in [5.74, 6) is -1.35. The van der Waals surface area contributed by atoms with Crippen LogP contribution in [0.15, 0.2) is 12.7 Å². The van der Waals surface area contributed by atoms with E-state index in [0.29, 0.717) is 0 Å². The number of carbonyl (C=O) groups is 3. The molecule has 1 aliphatic heterocycles. The molecule has 11 N–H and O–H groups in total. The summed E-state index contributed by atoms with van der Waals surface area (Å²) in [7, 11) is -16.4. The van der Waals surface area contributed by atoms with E-state index in [2.05, 4.69) is 34.4 Å². The minimum atomic E-state index is -5.58. The van der Waals surface area contributed by atoms with Crippen molar-refractivity contribution in [3.8, 4) is 0 Å². The maximum absolute atomic E-state index is 12.6. The highest BCUT2D eigenvalue weighted by Crippen LogP contribution is 2.61. The van der Waals surface area contributed by atoms with Gasteiger partial charge in [0.2, 0.25) is 16.9 Å². The molecule has 3 unspecified atom stereocenters. The number of fused-ring (bicyclic) bond motifs is 1. The number of aliphatic hydroxyl groups excluding tert-OH is 2. The number of phosphoric ester groups is 3. The smallest absolute Gasteiger partial charge is 0.386 e. The van der Waals surface area contributed by atoms with Gasteiger partial charge < -0.3 is 56.0 Å². The number of phosphoric acid groups is 3. The van der Waals surface area contributed by atoms with Gasteiger partial charge in [0.05, 0.1) is 19.5 Å². The van der Waals surface area contributed by atoms with E-state index in [4.69, 9.17) is 19.5 Å². The van der Waals surface area contributed by atoms with Crippen molar-refractivity contribution >= 4 is 69.1 Å². The highest BCUT2D eigenvalue weighted by atomic mass is 32.2. The molecule has 29 heteroatoms. The summed E-state index contributed by atoms with van der Waals surface area (Å²) in [6, 6.07) is 0. The molecule has 1 aliphatic rings. The van der Waals surface area contributed by atoms with Gasteiger partial charge in [-0.1, -0.05) is 25.6 Å². The lowest BCUT2D eigenvalue weighted by atomic mass is 9.87. The van der Waals surface area contributed by atoms with E-state index in [-0.39, 0.29) is 42.2 Å². The first-order valence-corrected chi connectivity index (χ1v) is 21.0. The van der Waals surface area contributed by atoms with Crippen molar-refractivity contribution in [2.75, 3.05) is 37.8 Å². The van der Waals surface area contributed by atoms with Crippen LogP contribution in [0.2, 0.25) is 0 Å². The number of nitrogen functional groups attached to an aromatic ring is 1. The van der Waals surface area contributed by atoms with Gasteiger partial charge in [0, 0.05) is 30.7 Å². The first-order chi connectivity index (χ1) is 24.7. The number of carbonyl (C=O) groups excluding carboxylic acids is 3. The monoisotopic (exact) mass is 853 g/mol. The van der Waals surface area contributed by atoms with Gasteiger partial charge in [-0.05, 0) is 13.8 Å². The van der Waals surface area contributed by atoms with Crippen molar-refractivity contribution in [2.45, 2.75) is 70.4 Å². The minimum Gasteiger partial charge on any atom is -0.386 e. The molecule has 1 fully saturated rings. The number of nitrogens with one attached hydrogen (secondary N) is 2. The molecule has 0 saturated carbocycles. The van der Waals surface area contributed by atoms with Crippen LogP contribution in [0.4, 0.5) is 5.82 Å². The Labute approximate surface area is 310 Å². The van der Waals surface area contributed by atoms with Gasteiger partial charge in [0.15, 0.2) is 17.7 Å². The molecule has 0 spiro atoms. The molecule has 0 aromatic carbocycles. The summed E-state index contributed by atoms with van der Waals surface area (Å²) in [6.45, 7) is 2.95. The van der Waals surface area contributed by atoms with Gasteiger partial charge in [-0.15, -0.1) is 0 Å². The van der Waals surface area contributed by atoms with Gasteiger partial charge in [-0.3, -0.25) is 32.5 Å². The van der Waals surface area contributed by atoms with Crippen molar-refractivity contribution in [1.29, 1.82) is 0 Å². The molecule has 2 aromatic rings. The molecule has 3 rings (SSSR count). The largest absolute Gasteiger partial charge is 0.481 e. The molecule has 1 saturated heterocycles. The van der Waals surface area contributed by atoms with Crippen LogP contribution in [0.1, 0.15) is 40.3 Å². The third-order valence-electron chi connectivity index (χ3n) is 7.23. The van der Waals surface area contributed by atoms with Crippen LogP contribution in [0, 0.1) is 5.41 Å². The van der Waals surface area contributed by atoms with Crippen molar-refractivity contribution in [3.05, 3.63) is 12.7 Å². The summed E-state index contributed by atoms with van der Waals surface area (Å²) in [6.07, 6.45) is -7.01. The van der Waals surface area contributed by atoms with Gasteiger partial charge in [-0.25, -0.2) is 28.6 Å². The normalized spacial score (nSPS) is 22.4. The fraction of sp³-hybridized carbons (Fsp3) is 0.680. The zero-order valence-electron chi connectivity index (χ0n) is 29.0. The Morgan fingerprint density at radius 3 is 2.31 bits per heavy atom. The number of hydrogen-bond donors (Lipinski definition) is 10. The highest BCUT2D eigenvalue weighted by Gasteiger charge is 2.50. The van der Waals surface area contributed by atoms with Crippen LogP contribution in [-0.2, 0) is 50.7 Å². The Kier molecular flexibility index (Phi) is 15.5. The maximum atomic E-state index is 12.6. The van der Waals surface area contributed by atoms with Crippen LogP contribution in [0.5, 0.6) is 0 Å². The van der Waals surface area contributed by atoms with E-state index in [1.807, 2.05) is 0 Å². The molecule has 2 aromatic heterocycles. The Bertz CT molecular complexity index is 1810. The third kappa shape index (κ3) is 13.3. The number of anilines is 1. The molecule has 3 heterocycles. The average Bonchev–Trinajstić information content (AvgIpc) is 3.60. The van der Waals surface area contributed by atoms with Crippen LogP contribution >= 0.6 is 35.2 Å². The second-order valence-electron chi connectivity index (χ2n) is 12.8. The molecule has 0 bridgehead atoms. The Hall–Kier alpha value is -2.48. The first-order valence-electron chi connectivity index (χ1n) is 15.5. The lowest BCUT2D eigenvalue weighted by molar-refractivity contribution is -0.137. The molecule has 54 heavy (non-hydrogen) atoms. The summed E-state index contributed by atoms with van der Waals surface area (Å²) in [5, 5.41) is 35.3. The van der Waals surface area contributed by atoms with E-state index in [1.165, 1.54) is 27.7 Å². The van der Waals surface area contributed by atoms with Crippen molar-refractivity contribution in [3.63, 3.8) is 0 Å². The lowest BCUT2D eigenvalue weighted by Crippen LogP contribution is -2.46. The molecule has 306 valence electrons. The maximum Gasteiger partial charge on any atom is 0.481 e. The Morgan fingerprint density at radius 2 is 1.69 bits per heavy atom. The minimum absolute atomic E-state index is 0.0248. The highest BCUT2D eigenvalue weighted by molar-refractivity contribution is 8.13. The number of thioether (sulfide) groups is 1. The summed E-state index contributed by atoms with van der Waals surface area (Å²) in [5.41, 5.74) is 2.70. The van der Waals surface area contributed by atoms with Crippen molar-refractivity contribution < 1.29 is 85.6 Å². The molecule has 0 radical (unpaired) electrons. The van der Waals surface area contributed by atoms with Gasteiger partial charge in [-0.2, -0.15) is 4.31 Å². The van der Waals surface area contributed by atoms with Gasteiger partial charge in [0.1, 0.15) is 41.9 Å². The van der Waals surface area contributed by atoms with E-state index < -0.39 is 95.3 Å². The Balaban J connectivity index is 1.51. The molecule has 25 nitrogen and oxygen atoms in total. The van der Waals surface area contributed by atoms with Crippen LogP contribution in [0.25, 0.3) is 11.2 Å². The predicted molar refractivity (Wildman–Crippen MR) is 183 cm³/mol.